The van der Waals surface area contributed by atoms with Crippen LogP contribution < -0.4 is 10.6 Å². The van der Waals surface area contributed by atoms with Crippen LogP contribution in [0.1, 0.15) is 25.0 Å². The first kappa shape index (κ1) is 20.4. The number of anilines is 2. The van der Waals surface area contributed by atoms with E-state index in [9.17, 15) is 8.42 Å². The lowest BCUT2D eigenvalue weighted by Crippen LogP contribution is -2.31. The summed E-state index contributed by atoms with van der Waals surface area (Å²) in [5.41, 5.74) is 3.30. The van der Waals surface area contributed by atoms with Crippen LogP contribution in [-0.4, -0.2) is 30.9 Å². The molecule has 0 atom stereocenters. The second kappa shape index (κ2) is 8.62. The summed E-state index contributed by atoms with van der Waals surface area (Å²) in [4.78, 5) is 0.231. The molecule has 26 heavy (non-hydrogen) atoms. The Balaban J connectivity index is 2.31. The van der Waals surface area contributed by atoms with E-state index in [0.717, 1.165) is 16.8 Å². The molecule has 0 saturated carbocycles. The molecule has 0 radical (unpaired) electrons. The molecule has 0 aliphatic rings. The minimum atomic E-state index is -3.60. The van der Waals surface area contributed by atoms with Crippen molar-refractivity contribution in [1.82, 2.24) is 4.31 Å². The lowest BCUT2D eigenvalue weighted by atomic mass is 10.2. The highest BCUT2D eigenvalue weighted by atomic mass is 32.2. The van der Waals surface area contributed by atoms with Crippen molar-refractivity contribution in [2.24, 2.45) is 0 Å². The second-order valence-electron chi connectivity index (χ2n) is 6.04. The van der Waals surface area contributed by atoms with Gasteiger partial charge in [0.05, 0.1) is 5.69 Å². The normalized spacial score (nSPS) is 11.4. The van der Waals surface area contributed by atoms with Gasteiger partial charge in [-0.15, -0.1) is 0 Å². The number of hydrogen-bond acceptors (Lipinski definition) is 3. The fraction of sp³-hybridized carbons (Fsp3) is 0.316. The van der Waals surface area contributed by atoms with E-state index < -0.39 is 10.0 Å². The maximum absolute atomic E-state index is 13.0. The van der Waals surface area contributed by atoms with Gasteiger partial charge in [0.25, 0.3) is 0 Å². The van der Waals surface area contributed by atoms with Crippen LogP contribution in [-0.2, 0) is 10.0 Å². The predicted octanol–water partition coefficient (Wildman–Crippen LogP) is 4.14. The molecule has 0 aliphatic carbocycles. The molecule has 2 aromatic carbocycles. The largest absolute Gasteiger partial charge is 0.332 e. The van der Waals surface area contributed by atoms with Gasteiger partial charge in [0.2, 0.25) is 10.0 Å². The lowest BCUT2D eigenvalue weighted by Gasteiger charge is -2.21. The molecule has 0 saturated heterocycles. The Bertz CT molecular complexity index is 891. The van der Waals surface area contributed by atoms with Crippen LogP contribution in [0.15, 0.2) is 47.4 Å². The summed E-state index contributed by atoms with van der Waals surface area (Å²) < 4.78 is 27.4. The van der Waals surface area contributed by atoms with Gasteiger partial charge in [-0.1, -0.05) is 32.0 Å². The summed E-state index contributed by atoms with van der Waals surface area (Å²) in [5.74, 6) is 0. The van der Waals surface area contributed by atoms with Crippen molar-refractivity contribution < 1.29 is 8.42 Å². The average molecular weight is 392 g/mol. The fourth-order valence-electron chi connectivity index (χ4n) is 2.66. The molecule has 0 amide bonds. The van der Waals surface area contributed by atoms with Gasteiger partial charge in [-0.3, -0.25) is 0 Å². The summed E-state index contributed by atoms with van der Waals surface area (Å²) in [6.45, 7) is 8.35. The maximum Gasteiger partial charge on any atom is 0.245 e. The molecule has 2 N–H and O–H groups in total. The Morgan fingerprint density at radius 1 is 1.00 bits per heavy atom. The zero-order chi connectivity index (χ0) is 19.3. The summed E-state index contributed by atoms with van der Waals surface area (Å²) in [6.07, 6.45) is 0. The van der Waals surface area contributed by atoms with Gasteiger partial charge in [-0.2, -0.15) is 4.31 Å². The molecule has 7 heteroatoms. The molecule has 2 aromatic rings. The fourth-order valence-corrected chi connectivity index (χ4v) is 4.57. The number of benzene rings is 2. The second-order valence-corrected chi connectivity index (χ2v) is 8.35. The van der Waals surface area contributed by atoms with E-state index in [1.165, 1.54) is 4.31 Å². The van der Waals surface area contributed by atoms with Crippen molar-refractivity contribution in [3.05, 3.63) is 53.6 Å². The molecule has 0 bridgehead atoms. The molecule has 2 rings (SSSR count). The van der Waals surface area contributed by atoms with Gasteiger partial charge in [0.1, 0.15) is 4.90 Å². The predicted molar refractivity (Wildman–Crippen MR) is 112 cm³/mol. The van der Waals surface area contributed by atoms with Crippen LogP contribution in [0.5, 0.6) is 0 Å². The third kappa shape index (κ3) is 4.81. The molecule has 0 aromatic heterocycles. The number of nitrogens with one attached hydrogen (secondary N) is 2. The molecule has 0 heterocycles. The highest BCUT2D eigenvalue weighted by Crippen LogP contribution is 2.26. The first-order valence-electron chi connectivity index (χ1n) is 8.53. The number of thiocarbonyl (C=S) groups is 1. The van der Waals surface area contributed by atoms with Crippen LogP contribution in [0.4, 0.5) is 11.4 Å². The Morgan fingerprint density at radius 3 is 2.27 bits per heavy atom. The van der Waals surface area contributed by atoms with E-state index >= 15 is 0 Å². The molecule has 140 valence electrons. The van der Waals surface area contributed by atoms with Gasteiger partial charge in [-0.05, 0) is 61.5 Å². The van der Waals surface area contributed by atoms with E-state index in [4.69, 9.17) is 12.2 Å². The topological polar surface area (TPSA) is 61.4 Å². The Kier molecular flexibility index (Phi) is 6.75. The van der Waals surface area contributed by atoms with Gasteiger partial charge in [0.15, 0.2) is 5.11 Å². The van der Waals surface area contributed by atoms with Crippen LogP contribution >= 0.6 is 12.2 Å². The maximum atomic E-state index is 13.0. The van der Waals surface area contributed by atoms with E-state index in [-0.39, 0.29) is 4.90 Å². The minimum absolute atomic E-state index is 0.231. The average Bonchev–Trinajstić information content (AvgIpc) is 2.57. The highest BCUT2D eigenvalue weighted by molar-refractivity contribution is 7.89. The summed E-state index contributed by atoms with van der Waals surface area (Å²) in [6, 6.07) is 13.1. The van der Waals surface area contributed by atoms with E-state index in [2.05, 4.69) is 10.6 Å². The summed E-state index contributed by atoms with van der Waals surface area (Å²) >= 11 is 5.37. The van der Waals surface area contributed by atoms with Crippen molar-refractivity contribution in [1.29, 1.82) is 0 Å². The zero-order valence-electron chi connectivity index (χ0n) is 15.5. The van der Waals surface area contributed by atoms with Crippen LogP contribution in [0.2, 0.25) is 0 Å². The van der Waals surface area contributed by atoms with Crippen molar-refractivity contribution in [3.63, 3.8) is 0 Å². The van der Waals surface area contributed by atoms with E-state index in [0.29, 0.717) is 23.9 Å². The highest BCUT2D eigenvalue weighted by Gasteiger charge is 2.25. The van der Waals surface area contributed by atoms with Gasteiger partial charge in [0, 0.05) is 18.8 Å². The van der Waals surface area contributed by atoms with Crippen molar-refractivity contribution in [2.45, 2.75) is 32.6 Å². The molecule has 5 nitrogen and oxygen atoms in total. The van der Waals surface area contributed by atoms with Crippen molar-refractivity contribution in [2.75, 3.05) is 23.7 Å². The van der Waals surface area contributed by atoms with Crippen LogP contribution in [0.25, 0.3) is 0 Å². The first-order chi connectivity index (χ1) is 12.3. The van der Waals surface area contributed by atoms with Gasteiger partial charge < -0.3 is 10.6 Å². The molecule has 0 aliphatic heterocycles. The lowest BCUT2D eigenvalue weighted by molar-refractivity contribution is 0.445. The molecular weight excluding hydrogens is 366 g/mol. The van der Waals surface area contributed by atoms with Crippen LogP contribution in [0, 0.1) is 13.8 Å². The SMILES string of the molecule is CCN(CC)S(=O)(=O)c1cc(C)ccc1NC(=S)Nc1cccc(C)c1. The van der Waals surface area contributed by atoms with Gasteiger partial charge in [-0.25, -0.2) is 8.42 Å². The quantitative estimate of drug-likeness (QED) is 0.725. The van der Waals surface area contributed by atoms with Crippen LogP contribution in [0.3, 0.4) is 0 Å². The summed E-state index contributed by atoms with van der Waals surface area (Å²) in [7, 11) is -3.60. The van der Waals surface area contributed by atoms with Gasteiger partial charge >= 0.3 is 0 Å². The standard InChI is InChI=1S/C19H25N3O2S2/c1-5-22(6-2)26(23,24)18-13-15(4)10-11-17(18)21-19(25)20-16-9-7-8-14(3)12-16/h7-13H,5-6H2,1-4H3,(H2,20,21,25). The number of nitrogens with zero attached hydrogens (tertiary/aromatic N) is 1. The Morgan fingerprint density at radius 2 is 1.65 bits per heavy atom. The summed E-state index contributed by atoms with van der Waals surface area (Å²) in [5, 5.41) is 6.47. The molecule has 0 unspecified atom stereocenters. The Labute approximate surface area is 161 Å². The minimum Gasteiger partial charge on any atom is -0.332 e. The number of sulfonamides is 1. The number of aryl methyl sites for hydroxylation is 2. The van der Waals surface area contributed by atoms with E-state index in [1.54, 1.807) is 12.1 Å². The smallest absolute Gasteiger partial charge is 0.245 e. The number of rotatable bonds is 6. The third-order valence-electron chi connectivity index (χ3n) is 3.98. The van der Waals surface area contributed by atoms with Crippen molar-refractivity contribution >= 4 is 38.7 Å². The van der Waals surface area contributed by atoms with E-state index in [1.807, 2.05) is 58.0 Å². The third-order valence-corrected chi connectivity index (χ3v) is 6.28. The molecule has 0 fully saturated rings. The Hall–Kier alpha value is -1.96. The molecule has 0 spiro atoms. The molecular formula is C19H25N3O2S2. The zero-order valence-corrected chi connectivity index (χ0v) is 17.2. The van der Waals surface area contributed by atoms with Crippen molar-refractivity contribution in [3.8, 4) is 0 Å². The number of hydrogen-bond donors (Lipinski definition) is 2. The first-order valence-corrected chi connectivity index (χ1v) is 10.4. The monoisotopic (exact) mass is 391 g/mol.